The second kappa shape index (κ2) is 4.23. The molecule has 0 amide bonds. The zero-order valence-corrected chi connectivity index (χ0v) is 8.03. The highest BCUT2D eigenvalue weighted by atomic mass is 16.3. The molecule has 1 rings (SSSR count). The molecule has 0 bridgehead atoms. The van der Waals surface area contributed by atoms with Gasteiger partial charge in [0.25, 0.3) is 5.56 Å². The van der Waals surface area contributed by atoms with Crippen molar-refractivity contribution in [2.24, 2.45) is 0 Å². The fourth-order valence-electron chi connectivity index (χ4n) is 1.28. The summed E-state index contributed by atoms with van der Waals surface area (Å²) in [5.74, 6) is 0.235. The molecule has 0 aliphatic carbocycles. The van der Waals surface area contributed by atoms with Crippen LogP contribution < -0.4 is 5.56 Å². The second-order valence-electron chi connectivity index (χ2n) is 3.34. The van der Waals surface area contributed by atoms with E-state index in [0.717, 1.165) is 5.56 Å². The Morgan fingerprint density at radius 2 is 2.23 bits per heavy atom. The van der Waals surface area contributed by atoms with Gasteiger partial charge in [-0.2, -0.15) is 0 Å². The molecule has 0 fully saturated rings. The van der Waals surface area contributed by atoms with Crippen molar-refractivity contribution in [2.75, 3.05) is 6.61 Å². The lowest BCUT2D eigenvalue weighted by molar-refractivity contribution is 0.274. The summed E-state index contributed by atoms with van der Waals surface area (Å²) < 4.78 is 1.54. The number of aromatic nitrogens is 1. The van der Waals surface area contributed by atoms with Gasteiger partial charge in [0.1, 0.15) is 0 Å². The van der Waals surface area contributed by atoms with Crippen molar-refractivity contribution in [3.05, 3.63) is 34.2 Å². The third-order valence-corrected chi connectivity index (χ3v) is 2.01. The summed E-state index contributed by atoms with van der Waals surface area (Å²) in [6.45, 7) is 4.35. The fourth-order valence-corrected chi connectivity index (χ4v) is 1.28. The lowest BCUT2D eigenvalue weighted by Gasteiger charge is -2.08. The van der Waals surface area contributed by atoms with Crippen LogP contribution in [0.5, 0.6) is 0 Å². The van der Waals surface area contributed by atoms with Gasteiger partial charge in [0.2, 0.25) is 0 Å². The van der Waals surface area contributed by atoms with Crippen LogP contribution in [0, 0.1) is 0 Å². The zero-order chi connectivity index (χ0) is 9.84. The molecule has 72 valence electrons. The van der Waals surface area contributed by atoms with E-state index < -0.39 is 0 Å². The van der Waals surface area contributed by atoms with Gasteiger partial charge in [0.05, 0.1) is 6.61 Å². The Balaban J connectivity index is 3.11. The first-order chi connectivity index (χ1) is 6.16. The number of pyridine rings is 1. The molecule has 0 radical (unpaired) electrons. The molecule has 0 unspecified atom stereocenters. The molecule has 0 aliphatic heterocycles. The number of hydrogen-bond acceptors (Lipinski definition) is 2. The quantitative estimate of drug-likeness (QED) is 0.754. The molecular weight excluding hydrogens is 166 g/mol. The molecule has 13 heavy (non-hydrogen) atoms. The number of aliphatic hydroxyl groups excluding tert-OH is 1. The van der Waals surface area contributed by atoms with Crippen LogP contribution >= 0.6 is 0 Å². The smallest absolute Gasteiger partial charge is 0.254 e. The summed E-state index contributed by atoms with van der Waals surface area (Å²) in [7, 11) is 0. The van der Waals surface area contributed by atoms with E-state index in [2.05, 4.69) is 0 Å². The van der Waals surface area contributed by atoms with Gasteiger partial charge in [-0.15, -0.1) is 0 Å². The molecule has 0 saturated carbocycles. The van der Waals surface area contributed by atoms with Gasteiger partial charge in [0.15, 0.2) is 0 Å². The summed E-state index contributed by atoms with van der Waals surface area (Å²) in [4.78, 5) is 11.7. The first kappa shape index (κ1) is 9.99. The second-order valence-corrected chi connectivity index (χ2v) is 3.34. The van der Waals surface area contributed by atoms with Crippen molar-refractivity contribution >= 4 is 0 Å². The Bertz CT molecular complexity index is 328. The Hall–Kier alpha value is -1.09. The van der Waals surface area contributed by atoms with E-state index in [1.807, 2.05) is 26.0 Å². The Labute approximate surface area is 77.6 Å². The molecular formula is C10H15NO2. The van der Waals surface area contributed by atoms with E-state index in [9.17, 15) is 4.79 Å². The van der Waals surface area contributed by atoms with Crippen LogP contribution in [-0.4, -0.2) is 16.3 Å². The predicted octanol–water partition coefficient (Wildman–Crippen LogP) is 0.964. The SMILES string of the molecule is CC(C)c1cccn(CCO)c1=O. The van der Waals surface area contributed by atoms with Crippen molar-refractivity contribution in [1.29, 1.82) is 0 Å². The summed E-state index contributed by atoms with van der Waals surface area (Å²) >= 11 is 0. The molecule has 1 N–H and O–H groups in total. The maximum absolute atomic E-state index is 11.7. The molecule has 1 heterocycles. The first-order valence-corrected chi connectivity index (χ1v) is 4.47. The van der Waals surface area contributed by atoms with Crippen LogP contribution in [0.4, 0.5) is 0 Å². The number of aliphatic hydroxyl groups is 1. The van der Waals surface area contributed by atoms with E-state index in [-0.39, 0.29) is 18.1 Å². The molecule has 0 atom stereocenters. The summed E-state index contributed by atoms with van der Waals surface area (Å²) in [5.41, 5.74) is 0.808. The largest absolute Gasteiger partial charge is 0.395 e. The van der Waals surface area contributed by atoms with Gasteiger partial charge in [0, 0.05) is 18.3 Å². The lowest BCUT2D eigenvalue weighted by atomic mass is 10.1. The van der Waals surface area contributed by atoms with Crippen molar-refractivity contribution in [1.82, 2.24) is 4.57 Å². The normalized spacial score (nSPS) is 10.8. The van der Waals surface area contributed by atoms with Crippen LogP contribution in [0.15, 0.2) is 23.1 Å². The van der Waals surface area contributed by atoms with Gasteiger partial charge in [-0.05, 0) is 12.0 Å². The van der Waals surface area contributed by atoms with Crippen LogP contribution in [0.3, 0.4) is 0 Å². The minimum Gasteiger partial charge on any atom is -0.395 e. The van der Waals surface area contributed by atoms with E-state index in [4.69, 9.17) is 5.11 Å². The maximum Gasteiger partial charge on any atom is 0.254 e. The molecule has 3 nitrogen and oxygen atoms in total. The van der Waals surface area contributed by atoms with Gasteiger partial charge >= 0.3 is 0 Å². The topological polar surface area (TPSA) is 42.2 Å². The van der Waals surface area contributed by atoms with Crippen LogP contribution in [0.2, 0.25) is 0 Å². The molecule has 1 aromatic rings. The number of rotatable bonds is 3. The van der Waals surface area contributed by atoms with Crippen molar-refractivity contribution in [3.63, 3.8) is 0 Å². The highest BCUT2D eigenvalue weighted by Gasteiger charge is 2.05. The molecule has 0 saturated heterocycles. The summed E-state index contributed by atoms with van der Waals surface area (Å²) in [6, 6.07) is 3.67. The molecule has 0 spiro atoms. The van der Waals surface area contributed by atoms with E-state index in [0.29, 0.717) is 6.54 Å². The van der Waals surface area contributed by atoms with Crippen molar-refractivity contribution in [3.8, 4) is 0 Å². The minimum absolute atomic E-state index is 0.00144. The standard InChI is InChI=1S/C10H15NO2/c1-8(2)9-4-3-5-11(6-7-12)10(9)13/h3-5,8,12H,6-7H2,1-2H3. The highest BCUT2D eigenvalue weighted by Crippen LogP contribution is 2.07. The Morgan fingerprint density at radius 1 is 1.54 bits per heavy atom. The average molecular weight is 181 g/mol. The average Bonchev–Trinajstić information content (AvgIpc) is 2.08. The Kier molecular flexibility index (Phi) is 3.25. The lowest BCUT2D eigenvalue weighted by Crippen LogP contribution is -2.24. The van der Waals surface area contributed by atoms with Crippen LogP contribution in [0.1, 0.15) is 25.3 Å². The maximum atomic E-state index is 11.7. The predicted molar refractivity (Wildman–Crippen MR) is 51.9 cm³/mol. The van der Waals surface area contributed by atoms with Gasteiger partial charge in [-0.25, -0.2) is 0 Å². The van der Waals surface area contributed by atoms with E-state index in [1.165, 1.54) is 4.57 Å². The molecule has 0 aromatic carbocycles. The van der Waals surface area contributed by atoms with Gasteiger partial charge in [-0.1, -0.05) is 19.9 Å². The monoisotopic (exact) mass is 181 g/mol. The minimum atomic E-state index is 0.00144. The number of hydrogen-bond donors (Lipinski definition) is 1. The number of nitrogens with zero attached hydrogens (tertiary/aromatic N) is 1. The molecule has 3 heteroatoms. The highest BCUT2D eigenvalue weighted by molar-refractivity contribution is 5.14. The zero-order valence-electron chi connectivity index (χ0n) is 8.03. The Morgan fingerprint density at radius 3 is 2.77 bits per heavy atom. The van der Waals surface area contributed by atoms with Crippen LogP contribution in [0.25, 0.3) is 0 Å². The van der Waals surface area contributed by atoms with Gasteiger partial charge < -0.3 is 9.67 Å². The summed E-state index contributed by atoms with van der Waals surface area (Å²) in [5, 5.41) is 8.71. The van der Waals surface area contributed by atoms with E-state index >= 15 is 0 Å². The van der Waals surface area contributed by atoms with Crippen LogP contribution in [-0.2, 0) is 6.54 Å². The molecule has 0 aliphatic rings. The fraction of sp³-hybridized carbons (Fsp3) is 0.500. The summed E-state index contributed by atoms with van der Waals surface area (Å²) in [6.07, 6.45) is 1.70. The molecule has 1 aromatic heterocycles. The third-order valence-electron chi connectivity index (χ3n) is 2.01. The third kappa shape index (κ3) is 2.18. The van der Waals surface area contributed by atoms with Crippen molar-refractivity contribution in [2.45, 2.75) is 26.3 Å². The first-order valence-electron chi connectivity index (χ1n) is 4.47. The van der Waals surface area contributed by atoms with Crippen molar-refractivity contribution < 1.29 is 5.11 Å². The van der Waals surface area contributed by atoms with E-state index in [1.54, 1.807) is 6.20 Å². The van der Waals surface area contributed by atoms with Gasteiger partial charge in [-0.3, -0.25) is 4.79 Å².